The summed E-state index contributed by atoms with van der Waals surface area (Å²) in [5.74, 6) is -1.25. The van der Waals surface area contributed by atoms with Crippen LogP contribution in [0.25, 0.3) is 0 Å². The van der Waals surface area contributed by atoms with Gasteiger partial charge in [-0.05, 0) is 25.3 Å². The van der Waals surface area contributed by atoms with Crippen LogP contribution >= 0.6 is 0 Å². The maximum Gasteiger partial charge on any atom is 0.320 e. The van der Waals surface area contributed by atoms with Crippen LogP contribution in [0, 0.1) is 5.92 Å². The third-order valence-corrected chi connectivity index (χ3v) is 2.86. The van der Waals surface area contributed by atoms with E-state index in [1.54, 1.807) is 4.90 Å². The maximum atomic E-state index is 11.3. The molecule has 0 aromatic rings. The lowest BCUT2D eigenvalue weighted by Crippen LogP contribution is -2.52. The normalized spacial score (nSPS) is 24.3. The Bertz CT molecular complexity index is 265. The van der Waals surface area contributed by atoms with E-state index >= 15 is 0 Å². The summed E-state index contributed by atoms with van der Waals surface area (Å²) < 4.78 is 0. The first-order chi connectivity index (χ1) is 6.95. The summed E-state index contributed by atoms with van der Waals surface area (Å²) in [5, 5.41) is 9.00. The van der Waals surface area contributed by atoms with E-state index in [2.05, 4.69) is 0 Å². The number of primary amides is 1. The van der Waals surface area contributed by atoms with Gasteiger partial charge in [0.25, 0.3) is 0 Å². The first-order valence-corrected chi connectivity index (χ1v) is 5.23. The van der Waals surface area contributed by atoms with Gasteiger partial charge in [0.05, 0.1) is 6.04 Å². The molecule has 1 fully saturated rings. The molecule has 1 unspecified atom stereocenters. The van der Waals surface area contributed by atoms with Crippen LogP contribution in [0.5, 0.6) is 0 Å². The van der Waals surface area contributed by atoms with E-state index < -0.39 is 24.0 Å². The molecule has 1 heterocycles. The van der Waals surface area contributed by atoms with Crippen LogP contribution in [-0.4, -0.2) is 40.5 Å². The molecule has 0 aromatic carbocycles. The lowest BCUT2D eigenvalue weighted by atomic mass is 10.0. The molecule has 3 N–H and O–H groups in total. The third-order valence-electron chi connectivity index (χ3n) is 2.86. The molecular formula is C10H18N2O3. The molecule has 0 spiro atoms. The second-order valence-corrected chi connectivity index (χ2v) is 4.33. The number of nitrogens with zero attached hydrogens (tertiary/aromatic N) is 1. The van der Waals surface area contributed by atoms with Gasteiger partial charge >= 0.3 is 5.97 Å². The smallest absolute Gasteiger partial charge is 0.320 e. The van der Waals surface area contributed by atoms with Gasteiger partial charge in [0, 0.05) is 0 Å². The predicted octanol–water partition coefficient (Wildman–Crippen LogP) is 0.0453. The predicted molar refractivity (Wildman–Crippen MR) is 55.2 cm³/mol. The van der Waals surface area contributed by atoms with Gasteiger partial charge in [-0.2, -0.15) is 0 Å². The minimum atomic E-state index is -0.862. The van der Waals surface area contributed by atoms with Gasteiger partial charge < -0.3 is 10.8 Å². The van der Waals surface area contributed by atoms with Crippen LogP contribution in [0.3, 0.4) is 0 Å². The highest BCUT2D eigenvalue weighted by molar-refractivity contribution is 5.82. The second-order valence-electron chi connectivity index (χ2n) is 4.33. The third kappa shape index (κ3) is 2.47. The first-order valence-electron chi connectivity index (χ1n) is 5.23. The number of nitrogens with two attached hydrogens (primary N) is 1. The molecule has 1 amide bonds. The molecule has 0 bridgehead atoms. The maximum absolute atomic E-state index is 11.3. The molecule has 0 radical (unpaired) electrons. The minimum Gasteiger partial charge on any atom is -0.480 e. The highest BCUT2D eigenvalue weighted by atomic mass is 16.4. The van der Waals surface area contributed by atoms with Gasteiger partial charge in [-0.25, -0.2) is 0 Å². The number of carboxylic acids is 1. The van der Waals surface area contributed by atoms with Gasteiger partial charge in [-0.1, -0.05) is 13.8 Å². The number of aliphatic carboxylic acids is 1. The summed E-state index contributed by atoms with van der Waals surface area (Å²) in [6, 6.07) is -1.02. The van der Waals surface area contributed by atoms with Crippen molar-refractivity contribution >= 4 is 11.9 Å². The van der Waals surface area contributed by atoms with Crippen LogP contribution in [-0.2, 0) is 9.59 Å². The fraction of sp³-hybridized carbons (Fsp3) is 0.800. The first kappa shape index (κ1) is 12.0. The number of carbonyl (C=O) groups excluding carboxylic acids is 1. The van der Waals surface area contributed by atoms with E-state index in [1.807, 2.05) is 13.8 Å². The Balaban J connectivity index is 2.83. The Morgan fingerprint density at radius 3 is 2.47 bits per heavy atom. The largest absolute Gasteiger partial charge is 0.480 e. The van der Waals surface area contributed by atoms with Gasteiger partial charge in [0.2, 0.25) is 5.91 Å². The zero-order valence-corrected chi connectivity index (χ0v) is 9.14. The molecular weight excluding hydrogens is 196 g/mol. The monoisotopic (exact) mass is 214 g/mol. The molecule has 1 rings (SSSR count). The molecule has 1 saturated heterocycles. The highest BCUT2D eigenvalue weighted by Gasteiger charge is 2.38. The zero-order valence-electron chi connectivity index (χ0n) is 9.14. The molecule has 15 heavy (non-hydrogen) atoms. The van der Waals surface area contributed by atoms with Crippen LogP contribution in [0.1, 0.15) is 26.7 Å². The number of rotatable bonds is 4. The van der Waals surface area contributed by atoms with E-state index in [4.69, 9.17) is 10.8 Å². The average Bonchev–Trinajstić information content (AvgIpc) is 2.51. The number of carboxylic acid groups (broad SMARTS) is 1. The summed E-state index contributed by atoms with van der Waals surface area (Å²) >= 11 is 0. The molecule has 5 heteroatoms. The van der Waals surface area contributed by atoms with Crippen LogP contribution in [0.2, 0.25) is 0 Å². The van der Waals surface area contributed by atoms with Crippen molar-refractivity contribution in [3.05, 3.63) is 0 Å². The SMILES string of the molecule is CC(C)C(C(N)=O)N1CCC[C@H]1C(=O)O. The number of likely N-dealkylation sites (tertiary alicyclic amines) is 1. The number of hydrogen-bond acceptors (Lipinski definition) is 3. The molecule has 0 aliphatic carbocycles. The lowest BCUT2D eigenvalue weighted by molar-refractivity contribution is -0.144. The van der Waals surface area contributed by atoms with Crippen LogP contribution in [0.4, 0.5) is 0 Å². The van der Waals surface area contributed by atoms with Crippen molar-refractivity contribution in [1.82, 2.24) is 4.90 Å². The van der Waals surface area contributed by atoms with E-state index in [0.29, 0.717) is 13.0 Å². The van der Waals surface area contributed by atoms with Crippen LogP contribution in [0.15, 0.2) is 0 Å². The fourth-order valence-electron chi connectivity index (χ4n) is 2.26. The van der Waals surface area contributed by atoms with Gasteiger partial charge in [0.1, 0.15) is 6.04 Å². The molecule has 86 valence electrons. The van der Waals surface area contributed by atoms with E-state index in [0.717, 1.165) is 6.42 Å². The lowest BCUT2D eigenvalue weighted by Gasteiger charge is -2.31. The number of hydrogen-bond donors (Lipinski definition) is 2. The van der Waals surface area contributed by atoms with E-state index in [9.17, 15) is 9.59 Å². The van der Waals surface area contributed by atoms with Gasteiger partial charge in [-0.3, -0.25) is 14.5 Å². The summed E-state index contributed by atoms with van der Waals surface area (Å²) in [7, 11) is 0. The summed E-state index contributed by atoms with van der Waals surface area (Å²) in [6.45, 7) is 4.40. The van der Waals surface area contributed by atoms with Crippen molar-refractivity contribution < 1.29 is 14.7 Å². The van der Waals surface area contributed by atoms with E-state index in [1.165, 1.54) is 0 Å². The van der Waals surface area contributed by atoms with Gasteiger partial charge in [-0.15, -0.1) is 0 Å². The summed E-state index contributed by atoms with van der Waals surface area (Å²) in [5.41, 5.74) is 5.31. The standard InChI is InChI=1S/C10H18N2O3/c1-6(2)8(9(11)13)12-5-3-4-7(12)10(14)15/h6-8H,3-5H2,1-2H3,(H2,11,13)(H,14,15)/t7-,8?/m0/s1. The van der Waals surface area contributed by atoms with Crippen molar-refractivity contribution in [3.63, 3.8) is 0 Å². The minimum absolute atomic E-state index is 0.0439. The Morgan fingerprint density at radius 2 is 2.07 bits per heavy atom. The van der Waals surface area contributed by atoms with Crippen molar-refractivity contribution in [3.8, 4) is 0 Å². The molecule has 0 saturated carbocycles. The molecule has 2 atom stereocenters. The Kier molecular flexibility index (Phi) is 3.68. The Morgan fingerprint density at radius 1 is 1.47 bits per heavy atom. The Labute approximate surface area is 89.2 Å². The summed E-state index contributed by atoms with van der Waals surface area (Å²) in [4.78, 5) is 24.0. The van der Waals surface area contributed by atoms with Gasteiger partial charge in [0.15, 0.2) is 0 Å². The van der Waals surface area contributed by atoms with Crippen LogP contribution < -0.4 is 5.73 Å². The second kappa shape index (κ2) is 4.61. The van der Waals surface area contributed by atoms with E-state index in [-0.39, 0.29) is 5.92 Å². The average molecular weight is 214 g/mol. The van der Waals surface area contributed by atoms with Crippen molar-refractivity contribution in [2.75, 3.05) is 6.54 Å². The molecule has 1 aliphatic rings. The van der Waals surface area contributed by atoms with Crippen molar-refractivity contribution in [2.24, 2.45) is 11.7 Å². The molecule has 0 aromatic heterocycles. The summed E-state index contributed by atoms with van der Waals surface area (Å²) in [6.07, 6.45) is 1.42. The highest BCUT2D eigenvalue weighted by Crippen LogP contribution is 2.23. The molecule has 5 nitrogen and oxygen atoms in total. The van der Waals surface area contributed by atoms with Crippen molar-refractivity contribution in [1.29, 1.82) is 0 Å². The zero-order chi connectivity index (χ0) is 11.6. The Hall–Kier alpha value is -1.10. The topological polar surface area (TPSA) is 83.6 Å². The number of amides is 1. The quantitative estimate of drug-likeness (QED) is 0.692. The number of carbonyl (C=O) groups is 2. The van der Waals surface area contributed by atoms with Crippen molar-refractivity contribution in [2.45, 2.75) is 38.8 Å². The fourth-order valence-corrected chi connectivity index (χ4v) is 2.26. The molecule has 1 aliphatic heterocycles.